The van der Waals surface area contributed by atoms with Gasteiger partial charge in [-0.25, -0.2) is 8.42 Å². The zero-order valence-corrected chi connectivity index (χ0v) is 19.9. The van der Waals surface area contributed by atoms with Gasteiger partial charge in [-0.2, -0.15) is 0 Å². The third kappa shape index (κ3) is 5.98. The molecule has 33 heavy (non-hydrogen) atoms. The largest absolute Gasteiger partial charge is 0.332 e. The molecule has 0 fully saturated rings. The van der Waals surface area contributed by atoms with E-state index in [1.807, 2.05) is 25.1 Å². The smallest absolute Gasteiger partial charge is 0.261 e. The molecule has 0 unspecified atom stereocenters. The fourth-order valence-corrected chi connectivity index (χ4v) is 4.38. The summed E-state index contributed by atoms with van der Waals surface area (Å²) >= 11 is 0. The molecule has 3 aromatic rings. The van der Waals surface area contributed by atoms with E-state index in [0.717, 1.165) is 11.1 Å². The Morgan fingerprint density at radius 2 is 1.55 bits per heavy atom. The molecule has 3 rings (SSSR count). The van der Waals surface area contributed by atoms with Crippen LogP contribution in [0, 0.1) is 20.8 Å². The maximum Gasteiger partial charge on any atom is 0.261 e. The zero-order chi connectivity index (χ0) is 24.2. The minimum atomic E-state index is -3.90. The SMILES string of the molecule is Cc1ccc(NC(=O)CN(C)C(=O)c2cc(S(=O)(=O)Nc3ccccc3C)ccc2C)cc1. The van der Waals surface area contributed by atoms with Gasteiger partial charge in [0.2, 0.25) is 5.91 Å². The number of aryl methyl sites for hydroxylation is 3. The van der Waals surface area contributed by atoms with E-state index in [9.17, 15) is 18.0 Å². The normalized spacial score (nSPS) is 11.0. The third-order valence-electron chi connectivity index (χ3n) is 5.20. The Hall–Kier alpha value is -3.65. The zero-order valence-electron chi connectivity index (χ0n) is 19.0. The van der Waals surface area contributed by atoms with Gasteiger partial charge in [-0.1, -0.05) is 42.0 Å². The maximum absolute atomic E-state index is 13.0. The average Bonchev–Trinajstić information content (AvgIpc) is 2.76. The highest BCUT2D eigenvalue weighted by Crippen LogP contribution is 2.22. The lowest BCUT2D eigenvalue weighted by Crippen LogP contribution is -2.35. The lowest BCUT2D eigenvalue weighted by atomic mass is 10.1. The monoisotopic (exact) mass is 465 g/mol. The van der Waals surface area contributed by atoms with Crippen LogP contribution in [0.25, 0.3) is 0 Å². The van der Waals surface area contributed by atoms with E-state index >= 15 is 0 Å². The molecule has 2 amide bonds. The number of rotatable bonds is 7. The fraction of sp³-hybridized carbons (Fsp3) is 0.200. The van der Waals surface area contributed by atoms with Crippen LogP contribution in [0.4, 0.5) is 11.4 Å². The van der Waals surface area contributed by atoms with Crippen molar-refractivity contribution in [2.24, 2.45) is 0 Å². The molecule has 7 nitrogen and oxygen atoms in total. The standard InChI is InChI=1S/C25H27N3O4S/c1-17-9-12-20(13-10-17)26-24(29)16-28(4)25(30)22-15-21(14-11-18(22)2)33(31,32)27-23-8-6-5-7-19(23)3/h5-15,27H,16H2,1-4H3,(H,26,29). The molecule has 2 N–H and O–H groups in total. The lowest BCUT2D eigenvalue weighted by Gasteiger charge is -2.19. The number of likely N-dealkylation sites (N-methyl/N-ethyl adjacent to an activating group) is 1. The van der Waals surface area contributed by atoms with Gasteiger partial charge in [0, 0.05) is 18.3 Å². The van der Waals surface area contributed by atoms with Gasteiger partial charge < -0.3 is 10.2 Å². The Morgan fingerprint density at radius 1 is 0.879 bits per heavy atom. The summed E-state index contributed by atoms with van der Waals surface area (Å²) in [5, 5.41) is 2.75. The Morgan fingerprint density at radius 3 is 2.21 bits per heavy atom. The Labute approximate surface area is 194 Å². The molecule has 0 aromatic heterocycles. The first-order chi connectivity index (χ1) is 15.6. The summed E-state index contributed by atoms with van der Waals surface area (Å²) in [6, 6.07) is 18.8. The van der Waals surface area contributed by atoms with E-state index in [-0.39, 0.29) is 22.9 Å². The second-order valence-electron chi connectivity index (χ2n) is 7.97. The molecule has 0 bridgehead atoms. The number of carbonyl (C=O) groups excluding carboxylic acids is 2. The molecular weight excluding hydrogens is 438 g/mol. The average molecular weight is 466 g/mol. The quantitative estimate of drug-likeness (QED) is 0.549. The van der Waals surface area contributed by atoms with E-state index in [1.54, 1.807) is 50.2 Å². The van der Waals surface area contributed by atoms with E-state index in [0.29, 0.717) is 16.9 Å². The van der Waals surface area contributed by atoms with E-state index in [1.165, 1.54) is 24.1 Å². The van der Waals surface area contributed by atoms with Crippen LogP contribution >= 0.6 is 0 Å². The van der Waals surface area contributed by atoms with Crippen molar-refractivity contribution in [3.8, 4) is 0 Å². The first-order valence-corrected chi connectivity index (χ1v) is 11.9. The van der Waals surface area contributed by atoms with Gasteiger partial charge in [0.15, 0.2) is 0 Å². The topological polar surface area (TPSA) is 95.6 Å². The molecule has 0 heterocycles. The Balaban J connectivity index is 1.76. The van der Waals surface area contributed by atoms with Crippen molar-refractivity contribution in [2.75, 3.05) is 23.6 Å². The molecule has 0 aliphatic rings. The number of para-hydroxylation sites is 1. The molecule has 172 valence electrons. The molecule has 0 saturated heterocycles. The molecule has 0 radical (unpaired) electrons. The molecule has 0 spiro atoms. The number of carbonyl (C=O) groups is 2. The molecule has 3 aromatic carbocycles. The number of nitrogens with one attached hydrogen (secondary N) is 2. The van der Waals surface area contributed by atoms with Crippen molar-refractivity contribution in [1.82, 2.24) is 4.90 Å². The van der Waals surface area contributed by atoms with Crippen LogP contribution in [0.3, 0.4) is 0 Å². The first kappa shape index (κ1) is 24.0. The molecule has 0 aliphatic heterocycles. The predicted molar refractivity (Wildman–Crippen MR) is 130 cm³/mol. The summed E-state index contributed by atoms with van der Waals surface area (Å²) in [6.07, 6.45) is 0. The van der Waals surface area contributed by atoms with E-state index < -0.39 is 15.9 Å². The van der Waals surface area contributed by atoms with Crippen LogP contribution in [0.2, 0.25) is 0 Å². The summed E-state index contributed by atoms with van der Waals surface area (Å²) in [5.74, 6) is -0.795. The summed E-state index contributed by atoms with van der Waals surface area (Å²) < 4.78 is 28.4. The van der Waals surface area contributed by atoms with Crippen LogP contribution in [-0.2, 0) is 14.8 Å². The van der Waals surface area contributed by atoms with Crippen molar-refractivity contribution in [3.05, 3.63) is 89.0 Å². The van der Waals surface area contributed by atoms with Crippen LogP contribution < -0.4 is 10.0 Å². The summed E-state index contributed by atoms with van der Waals surface area (Å²) in [7, 11) is -2.40. The maximum atomic E-state index is 13.0. The van der Waals surface area contributed by atoms with Gasteiger partial charge >= 0.3 is 0 Å². The number of anilines is 2. The molecular formula is C25H27N3O4S. The first-order valence-electron chi connectivity index (χ1n) is 10.4. The van der Waals surface area contributed by atoms with Crippen molar-refractivity contribution >= 4 is 33.2 Å². The lowest BCUT2D eigenvalue weighted by molar-refractivity contribution is -0.116. The molecule has 8 heteroatoms. The second kappa shape index (κ2) is 9.87. The van der Waals surface area contributed by atoms with Crippen LogP contribution in [-0.4, -0.2) is 38.7 Å². The minimum Gasteiger partial charge on any atom is -0.332 e. The number of hydrogen-bond acceptors (Lipinski definition) is 4. The van der Waals surface area contributed by atoms with Gasteiger partial charge in [0.25, 0.3) is 15.9 Å². The van der Waals surface area contributed by atoms with Gasteiger partial charge in [-0.15, -0.1) is 0 Å². The van der Waals surface area contributed by atoms with Crippen molar-refractivity contribution in [3.63, 3.8) is 0 Å². The van der Waals surface area contributed by atoms with Gasteiger partial charge in [0.1, 0.15) is 0 Å². The summed E-state index contributed by atoms with van der Waals surface area (Å²) in [5.41, 5.74) is 3.79. The molecule has 0 aliphatic carbocycles. The van der Waals surface area contributed by atoms with Crippen molar-refractivity contribution < 1.29 is 18.0 Å². The fourth-order valence-electron chi connectivity index (χ4n) is 3.22. The van der Waals surface area contributed by atoms with Crippen LogP contribution in [0.15, 0.2) is 71.6 Å². The van der Waals surface area contributed by atoms with E-state index in [2.05, 4.69) is 10.0 Å². The van der Waals surface area contributed by atoms with Crippen molar-refractivity contribution in [2.45, 2.75) is 25.7 Å². The third-order valence-corrected chi connectivity index (χ3v) is 6.57. The second-order valence-corrected chi connectivity index (χ2v) is 9.65. The molecule has 0 saturated carbocycles. The summed E-state index contributed by atoms with van der Waals surface area (Å²) in [4.78, 5) is 26.6. The van der Waals surface area contributed by atoms with Gasteiger partial charge in [-0.05, 0) is 62.2 Å². The van der Waals surface area contributed by atoms with Gasteiger partial charge in [0.05, 0.1) is 17.1 Å². The van der Waals surface area contributed by atoms with Crippen molar-refractivity contribution in [1.29, 1.82) is 0 Å². The number of nitrogens with zero attached hydrogens (tertiary/aromatic N) is 1. The van der Waals surface area contributed by atoms with Gasteiger partial charge in [-0.3, -0.25) is 14.3 Å². The highest BCUT2D eigenvalue weighted by atomic mass is 32.2. The number of hydrogen-bond donors (Lipinski definition) is 2. The summed E-state index contributed by atoms with van der Waals surface area (Å²) in [6.45, 7) is 5.30. The Kier molecular flexibility index (Phi) is 7.18. The van der Waals surface area contributed by atoms with Crippen LogP contribution in [0.1, 0.15) is 27.0 Å². The minimum absolute atomic E-state index is 0.0304. The van der Waals surface area contributed by atoms with Crippen LogP contribution in [0.5, 0.6) is 0 Å². The number of sulfonamides is 1. The highest BCUT2D eigenvalue weighted by molar-refractivity contribution is 7.92. The Bertz CT molecular complexity index is 1290. The highest BCUT2D eigenvalue weighted by Gasteiger charge is 2.22. The number of benzene rings is 3. The predicted octanol–water partition coefficient (Wildman–Crippen LogP) is 4.12. The van der Waals surface area contributed by atoms with E-state index in [4.69, 9.17) is 0 Å². The molecule has 0 atom stereocenters. The number of amides is 2.